The summed E-state index contributed by atoms with van der Waals surface area (Å²) >= 11 is 0. The molecule has 1 aliphatic carbocycles. The number of benzene rings is 2. The first-order valence-electron chi connectivity index (χ1n) is 13.4. The van der Waals surface area contributed by atoms with Gasteiger partial charge in [0.15, 0.2) is 0 Å². The molecule has 1 atom stereocenters. The molecule has 0 N–H and O–H groups in total. The molecule has 0 heterocycles. The average molecular weight is 539 g/mol. The Bertz CT molecular complexity index is 1060. The van der Waals surface area contributed by atoms with Crippen molar-refractivity contribution in [3.05, 3.63) is 70.8 Å². The molecule has 0 amide bonds. The summed E-state index contributed by atoms with van der Waals surface area (Å²) in [5.41, 5.74) is -3.45. The Labute approximate surface area is 221 Å². The van der Waals surface area contributed by atoms with Crippen molar-refractivity contribution in [2.75, 3.05) is 13.1 Å². The molecule has 2 aromatic rings. The SMILES string of the molecule is CC(C)N(CCCC(C#N)(c1ccc(C(F)(F)F)c(C(F)(F)F)c1)C1CCCCC1)CCc1ccccc1. The van der Waals surface area contributed by atoms with E-state index in [2.05, 4.69) is 36.9 Å². The molecule has 0 bridgehead atoms. The Balaban J connectivity index is 1.90. The number of rotatable bonds is 10. The van der Waals surface area contributed by atoms with E-state index in [1.54, 1.807) is 0 Å². The summed E-state index contributed by atoms with van der Waals surface area (Å²) in [5.74, 6) is -0.198. The highest BCUT2D eigenvalue weighted by Crippen LogP contribution is 2.47. The minimum Gasteiger partial charge on any atom is -0.301 e. The number of halogens is 6. The summed E-state index contributed by atoms with van der Waals surface area (Å²) in [4.78, 5) is 2.28. The molecule has 1 saturated carbocycles. The molecular formula is C30H36F6N2. The second-order valence-corrected chi connectivity index (χ2v) is 10.6. The summed E-state index contributed by atoms with van der Waals surface area (Å²) in [6.45, 7) is 5.60. The monoisotopic (exact) mass is 538 g/mol. The molecule has 208 valence electrons. The van der Waals surface area contributed by atoms with Gasteiger partial charge in [-0.15, -0.1) is 0 Å². The average Bonchev–Trinajstić information content (AvgIpc) is 2.88. The standard InChI is InChI=1S/C30H36F6N2/c1-22(2)38(19-16-23-10-5-3-6-11-23)18-9-17-28(21-37,24-12-7-4-8-13-24)25-14-15-26(29(31,32)33)27(20-25)30(34,35)36/h3,5-6,10-11,14-15,20,22,24H,4,7-9,12-13,16-19H2,1-2H3. The normalized spacial score (nSPS) is 17.0. The van der Waals surface area contributed by atoms with E-state index in [1.165, 1.54) is 5.56 Å². The van der Waals surface area contributed by atoms with Crippen molar-refractivity contribution in [3.8, 4) is 6.07 Å². The molecule has 0 aromatic heterocycles. The van der Waals surface area contributed by atoms with Crippen LogP contribution in [-0.4, -0.2) is 24.0 Å². The zero-order valence-electron chi connectivity index (χ0n) is 22.0. The highest BCUT2D eigenvalue weighted by atomic mass is 19.4. The van der Waals surface area contributed by atoms with Crippen molar-refractivity contribution in [1.82, 2.24) is 4.90 Å². The highest BCUT2D eigenvalue weighted by Gasteiger charge is 2.46. The van der Waals surface area contributed by atoms with Gasteiger partial charge in [-0.3, -0.25) is 0 Å². The lowest BCUT2D eigenvalue weighted by Gasteiger charge is -2.39. The van der Waals surface area contributed by atoms with Crippen LogP contribution in [0, 0.1) is 17.2 Å². The third kappa shape index (κ3) is 7.31. The largest absolute Gasteiger partial charge is 0.417 e. The Morgan fingerprint density at radius 3 is 2.05 bits per heavy atom. The van der Waals surface area contributed by atoms with Crippen LogP contribution in [0.15, 0.2) is 48.5 Å². The van der Waals surface area contributed by atoms with E-state index in [0.29, 0.717) is 44.4 Å². The van der Waals surface area contributed by atoms with Gasteiger partial charge in [-0.25, -0.2) is 0 Å². The van der Waals surface area contributed by atoms with Gasteiger partial charge in [0.05, 0.1) is 22.6 Å². The first-order chi connectivity index (χ1) is 17.9. The molecule has 1 aliphatic rings. The number of nitrogens with zero attached hydrogens (tertiary/aromatic N) is 2. The van der Waals surface area contributed by atoms with Crippen LogP contribution in [0.25, 0.3) is 0 Å². The van der Waals surface area contributed by atoms with Gasteiger partial charge in [0, 0.05) is 12.6 Å². The van der Waals surface area contributed by atoms with Crippen molar-refractivity contribution in [3.63, 3.8) is 0 Å². The Hall–Kier alpha value is -2.53. The molecule has 1 fully saturated rings. The summed E-state index contributed by atoms with van der Waals surface area (Å²) in [5, 5.41) is 10.5. The predicted molar refractivity (Wildman–Crippen MR) is 136 cm³/mol. The fourth-order valence-electron chi connectivity index (χ4n) is 5.80. The van der Waals surface area contributed by atoms with E-state index in [-0.39, 0.29) is 17.5 Å². The minimum atomic E-state index is -5.18. The van der Waals surface area contributed by atoms with Gasteiger partial charge in [0.25, 0.3) is 0 Å². The molecule has 0 saturated heterocycles. The molecule has 1 unspecified atom stereocenters. The van der Waals surface area contributed by atoms with Crippen molar-refractivity contribution < 1.29 is 26.3 Å². The van der Waals surface area contributed by atoms with E-state index in [0.717, 1.165) is 38.3 Å². The van der Waals surface area contributed by atoms with E-state index in [4.69, 9.17) is 0 Å². The Morgan fingerprint density at radius 1 is 0.868 bits per heavy atom. The summed E-state index contributed by atoms with van der Waals surface area (Å²) < 4.78 is 81.6. The molecule has 2 aromatic carbocycles. The van der Waals surface area contributed by atoms with Gasteiger partial charge in [-0.2, -0.15) is 31.6 Å². The Morgan fingerprint density at radius 2 is 1.50 bits per heavy atom. The van der Waals surface area contributed by atoms with Crippen LogP contribution in [0.3, 0.4) is 0 Å². The third-order valence-electron chi connectivity index (χ3n) is 7.92. The van der Waals surface area contributed by atoms with Gasteiger partial charge in [-0.05, 0) is 81.7 Å². The topological polar surface area (TPSA) is 27.0 Å². The lowest BCUT2D eigenvalue weighted by Crippen LogP contribution is -2.38. The maximum atomic E-state index is 13.8. The fraction of sp³-hybridized carbons (Fsp3) is 0.567. The summed E-state index contributed by atoms with van der Waals surface area (Å²) in [6.07, 6.45) is -4.56. The molecule has 38 heavy (non-hydrogen) atoms. The first kappa shape index (κ1) is 30.0. The van der Waals surface area contributed by atoms with E-state index >= 15 is 0 Å². The van der Waals surface area contributed by atoms with Gasteiger partial charge < -0.3 is 4.90 Å². The lowest BCUT2D eigenvalue weighted by molar-refractivity contribution is -0.162. The number of alkyl halides is 6. The van der Waals surface area contributed by atoms with Crippen molar-refractivity contribution in [1.29, 1.82) is 5.26 Å². The van der Waals surface area contributed by atoms with E-state index in [9.17, 15) is 31.6 Å². The molecular weight excluding hydrogens is 502 g/mol. The zero-order valence-corrected chi connectivity index (χ0v) is 22.0. The van der Waals surface area contributed by atoms with Gasteiger partial charge >= 0.3 is 12.4 Å². The van der Waals surface area contributed by atoms with Crippen LogP contribution in [-0.2, 0) is 24.2 Å². The molecule has 0 radical (unpaired) electrons. The quantitative estimate of drug-likeness (QED) is 0.283. The minimum absolute atomic E-state index is 0.0487. The molecule has 0 spiro atoms. The predicted octanol–water partition coefficient (Wildman–Crippen LogP) is 8.80. The van der Waals surface area contributed by atoms with Crippen LogP contribution in [0.4, 0.5) is 26.3 Å². The van der Waals surface area contributed by atoms with Crippen LogP contribution >= 0.6 is 0 Å². The van der Waals surface area contributed by atoms with Gasteiger partial charge in [-0.1, -0.05) is 55.7 Å². The van der Waals surface area contributed by atoms with Crippen LogP contribution in [0.1, 0.15) is 81.0 Å². The molecule has 8 heteroatoms. The van der Waals surface area contributed by atoms with Crippen molar-refractivity contribution in [2.45, 2.75) is 89.0 Å². The summed E-state index contributed by atoms with van der Waals surface area (Å²) in [7, 11) is 0. The molecule has 3 rings (SSSR count). The smallest absolute Gasteiger partial charge is 0.301 e. The maximum absolute atomic E-state index is 13.8. The van der Waals surface area contributed by atoms with Crippen LogP contribution < -0.4 is 0 Å². The van der Waals surface area contributed by atoms with E-state index in [1.807, 2.05) is 18.2 Å². The molecule has 0 aliphatic heterocycles. The number of hydrogen-bond acceptors (Lipinski definition) is 2. The van der Waals surface area contributed by atoms with Gasteiger partial charge in [0.2, 0.25) is 0 Å². The summed E-state index contributed by atoms with van der Waals surface area (Å²) in [6, 6.07) is 14.8. The third-order valence-corrected chi connectivity index (χ3v) is 7.92. The lowest BCUT2D eigenvalue weighted by atomic mass is 9.63. The molecule has 2 nitrogen and oxygen atoms in total. The van der Waals surface area contributed by atoms with Crippen LogP contribution in [0.2, 0.25) is 0 Å². The van der Waals surface area contributed by atoms with Crippen molar-refractivity contribution in [2.24, 2.45) is 5.92 Å². The fourth-order valence-corrected chi connectivity index (χ4v) is 5.80. The maximum Gasteiger partial charge on any atom is 0.417 e. The first-order valence-corrected chi connectivity index (χ1v) is 13.4. The van der Waals surface area contributed by atoms with Crippen molar-refractivity contribution >= 4 is 0 Å². The Kier molecular flexibility index (Phi) is 9.91. The second-order valence-electron chi connectivity index (χ2n) is 10.6. The van der Waals surface area contributed by atoms with Crippen LogP contribution in [0.5, 0.6) is 0 Å². The number of nitriles is 1. The number of hydrogen-bond donors (Lipinski definition) is 0. The van der Waals surface area contributed by atoms with Gasteiger partial charge in [0.1, 0.15) is 0 Å². The highest BCUT2D eigenvalue weighted by molar-refractivity contribution is 5.43. The van der Waals surface area contributed by atoms with E-state index < -0.39 is 28.9 Å². The second kappa shape index (κ2) is 12.5. The zero-order chi connectivity index (χ0) is 28.0.